The van der Waals surface area contributed by atoms with Crippen molar-refractivity contribution in [3.8, 4) is 11.5 Å². The van der Waals surface area contributed by atoms with E-state index in [9.17, 15) is 9.59 Å². The minimum Gasteiger partial charge on any atom is -0.496 e. The number of hydrogen-bond acceptors (Lipinski definition) is 8. The molecule has 0 aliphatic heterocycles. The largest absolute Gasteiger partial charge is 0.496 e. The molecule has 44 heavy (non-hydrogen) atoms. The van der Waals surface area contributed by atoms with Crippen LogP contribution >= 0.6 is 0 Å². The predicted molar refractivity (Wildman–Crippen MR) is 179 cm³/mol. The van der Waals surface area contributed by atoms with E-state index < -0.39 is 24.5 Å². The Labute approximate surface area is 263 Å². The van der Waals surface area contributed by atoms with Crippen molar-refractivity contribution in [3.05, 3.63) is 59.2 Å². The van der Waals surface area contributed by atoms with Crippen LogP contribution in [0.1, 0.15) is 55.7 Å². The highest BCUT2D eigenvalue weighted by molar-refractivity contribution is 5.91. The molecular formula is C34H53N5O5. The Morgan fingerprint density at radius 3 is 2.18 bits per heavy atom. The number of carboxylic acid groups (broad SMARTS) is 1. The molecule has 1 atom stereocenters. The Kier molecular flexibility index (Phi) is 15.7. The summed E-state index contributed by atoms with van der Waals surface area (Å²) in [4.78, 5) is 28.6. The van der Waals surface area contributed by atoms with E-state index in [1.54, 1.807) is 27.3 Å². The maximum atomic E-state index is 12.9. The van der Waals surface area contributed by atoms with Gasteiger partial charge in [-0.15, -0.1) is 0 Å². The number of nitrogens with one attached hydrogen (secondary N) is 3. The normalized spacial score (nSPS) is 12.5. The van der Waals surface area contributed by atoms with Crippen molar-refractivity contribution in [3.63, 3.8) is 0 Å². The molecule has 0 radical (unpaired) electrons. The van der Waals surface area contributed by atoms with Gasteiger partial charge in [-0.1, -0.05) is 32.0 Å². The highest BCUT2D eigenvalue weighted by atomic mass is 16.5. The second kappa shape index (κ2) is 18.9. The van der Waals surface area contributed by atoms with Crippen LogP contribution in [0.25, 0.3) is 5.70 Å². The lowest BCUT2D eigenvalue weighted by Gasteiger charge is -2.23. The van der Waals surface area contributed by atoms with Gasteiger partial charge in [-0.05, 0) is 115 Å². The lowest BCUT2D eigenvalue weighted by atomic mass is 9.95. The van der Waals surface area contributed by atoms with E-state index in [0.717, 1.165) is 50.1 Å². The van der Waals surface area contributed by atoms with Crippen molar-refractivity contribution >= 4 is 23.3 Å². The molecule has 2 aromatic rings. The molecule has 244 valence electrons. The molecule has 0 heterocycles. The molecule has 0 spiro atoms. The second-order valence-electron chi connectivity index (χ2n) is 11.6. The van der Waals surface area contributed by atoms with Gasteiger partial charge in [0.1, 0.15) is 24.1 Å². The number of carbonyl (C=O) groups is 2. The Morgan fingerprint density at radius 1 is 0.955 bits per heavy atom. The quantitative estimate of drug-likeness (QED) is 0.163. The Bertz CT molecular complexity index is 1210. The highest BCUT2D eigenvalue weighted by Gasteiger charge is 2.22. The molecule has 0 bridgehead atoms. The molecule has 4 N–H and O–H groups in total. The molecule has 0 saturated carbocycles. The van der Waals surface area contributed by atoms with Crippen LogP contribution in [0, 0.1) is 0 Å². The van der Waals surface area contributed by atoms with Gasteiger partial charge in [0.15, 0.2) is 0 Å². The predicted octanol–water partition coefficient (Wildman–Crippen LogP) is 4.28. The Hall–Kier alpha value is -3.60. The number of methoxy groups -OCH3 is 2. The number of carboxylic acids is 1. The van der Waals surface area contributed by atoms with Crippen LogP contribution in [-0.2, 0) is 16.0 Å². The number of aryl methyl sites for hydroxylation is 1. The van der Waals surface area contributed by atoms with E-state index in [1.165, 1.54) is 12.0 Å². The van der Waals surface area contributed by atoms with Crippen molar-refractivity contribution in [1.82, 2.24) is 20.4 Å². The molecule has 2 aromatic carbocycles. The minimum absolute atomic E-state index is 0.236. The van der Waals surface area contributed by atoms with Crippen LogP contribution in [-0.4, -0.2) is 101 Å². The monoisotopic (exact) mass is 611 g/mol. The first kappa shape index (κ1) is 36.6. The van der Waals surface area contributed by atoms with Gasteiger partial charge in [0.25, 0.3) is 0 Å². The number of benzene rings is 2. The van der Waals surface area contributed by atoms with Gasteiger partial charge >= 0.3 is 5.97 Å². The lowest BCUT2D eigenvalue weighted by molar-refractivity contribution is -0.138. The number of hydrogen-bond donors (Lipinski definition) is 4. The molecule has 1 unspecified atom stereocenters. The molecule has 10 nitrogen and oxygen atoms in total. The molecule has 0 aromatic heterocycles. The van der Waals surface area contributed by atoms with Gasteiger partial charge in [0.05, 0.1) is 25.5 Å². The van der Waals surface area contributed by atoms with Crippen molar-refractivity contribution in [2.45, 2.75) is 51.5 Å². The van der Waals surface area contributed by atoms with E-state index in [4.69, 9.17) is 14.6 Å². The summed E-state index contributed by atoms with van der Waals surface area (Å²) in [6, 6.07) is 11.2. The topological polar surface area (TPSA) is 115 Å². The van der Waals surface area contributed by atoms with Gasteiger partial charge in [-0.25, -0.2) is 0 Å². The zero-order valence-corrected chi connectivity index (χ0v) is 27.8. The molecule has 0 aliphatic carbocycles. The summed E-state index contributed by atoms with van der Waals surface area (Å²) in [5.41, 5.74) is 4.59. The summed E-state index contributed by atoms with van der Waals surface area (Å²) in [7, 11) is 11.2. The number of aliphatic carboxylic acids is 1. The smallest absolute Gasteiger partial charge is 0.322 e. The summed E-state index contributed by atoms with van der Waals surface area (Å²) in [5.74, 6) is -0.210. The number of amides is 1. The maximum absolute atomic E-state index is 12.9. The number of ether oxygens (including phenoxy) is 2. The third kappa shape index (κ3) is 11.8. The third-order valence-corrected chi connectivity index (χ3v) is 7.45. The van der Waals surface area contributed by atoms with Crippen LogP contribution in [0.4, 0.5) is 5.69 Å². The maximum Gasteiger partial charge on any atom is 0.322 e. The first-order valence-electron chi connectivity index (χ1n) is 15.3. The molecule has 0 fully saturated rings. The second-order valence-corrected chi connectivity index (χ2v) is 11.6. The van der Waals surface area contributed by atoms with E-state index in [0.29, 0.717) is 22.8 Å². The van der Waals surface area contributed by atoms with Gasteiger partial charge in [-0.2, -0.15) is 0 Å². The number of likely N-dealkylation sites (N-methyl/N-ethyl adjacent to an activating group) is 1. The highest BCUT2D eigenvalue weighted by Crippen LogP contribution is 2.37. The van der Waals surface area contributed by atoms with Crippen LogP contribution in [0.2, 0.25) is 0 Å². The number of unbranched alkanes of at least 4 members (excludes halogenated alkanes) is 1. The van der Waals surface area contributed by atoms with Crippen LogP contribution < -0.4 is 25.4 Å². The van der Waals surface area contributed by atoms with Crippen molar-refractivity contribution < 1.29 is 24.2 Å². The fourth-order valence-corrected chi connectivity index (χ4v) is 5.02. The van der Waals surface area contributed by atoms with Gasteiger partial charge in [-0.3, -0.25) is 9.59 Å². The molecule has 1 amide bonds. The fourth-order valence-electron chi connectivity index (χ4n) is 5.02. The average molecular weight is 612 g/mol. The summed E-state index contributed by atoms with van der Waals surface area (Å²) in [6.45, 7) is 7.16. The van der Waals surface area contributed by atoms with E-state index in [2.05, 4.69) is 78.9 Å². The van der Waals surface area contributed by atoms with Crippen molar-refractivity contribution in [2.24, 2.45) is 0 Å². The average Bonchev–Trinajstić information content (AvgIpc) is 2.99. The number of carbonyl (C=O) groups excluding carboxylic acids is 1. The van der Waals surface area contributed by atoms with E-state index in [-0.39, 0.29) is 5.92 Å². The summed E-state index contributed by atoms with van der Waals surface area (Å²) in [5, 5.41) is 18.1. The Balaban J connectivity index is 2.35. The van der Waals surface area contributed by atoms with Crippen molar-refractivity contribution in [2.75, 3.05) is 73.9 Å². The van der Waals surface area contributed by atoms with Crippen LogP contribution in [0.15, 0.2) is 42.5 Å². The number of nitrogens with zero attached hydrogens (tertiary/aromatic N) is 2. The van der Waals surface area contributed by atoms with Crippen LogP contribution in [0.5, 0.6) is 11.5 Å². The van der Waals surface area contributed by atoms with E-state index in [1.807, 2.05) is 18.2 Å². The van der Waals surface area contributed by atoms with Gasteiger partial charge in [0, 0.05) is 5.69 Å². The Morgan fingerprint density at radius 2 is 1.61 bits per heavy atom. The van der Waals surface area contributed by atoms with Crippen molar-refractivity contribution in [1.29, 1.82) is 0 Å². The molecule has 0 aliphatic rings. The molecular weight excluding hydrogens is 558 g/mol. The molecule has 10 heteroatoms. The molecule has 2 rings (SSSR count). The lowest BCUT2D eigenvalue weighted by Crippen LogP contribution is -2.43. The zero-order valence-electron chi connectivity index (χ0n) is 27.8. The zero-order chi connectivity index (χ0) is 32.6. The minimum atomic E-state index is -1.12. The molecule has 0 saturated heterocycles. The number of anilines is 1. The summed E-state index contributed by atoms with van der Waals surface area (Å²) >= 11 is 0. The fraction of sp³-hybridized carbons (Fsp3) is 0.529. The van der Waals surface area contributed by atoms with Crippen LogP contribution in [0.3, 0.4) is 0 Å². The summed E-state index contributed by atoms with van der Waals surface area (Å²) < 4.78 is 11.4. The van der Waals surface area contributed by atoms with Gasteiger partial charge in [0.2, 0.25) is 5.91 Å². The van der Waals surface area contributed by atoms with E-state index >= 15 is 0 Å². The first-order valence-corrected chi connectivity index (χ1v) is 15.3. The standard InChI is InChI=1S/C34H53N5O5/c1-24(2)26-21-25(13-9-10-19-39(6)20-12-18-38(4)5)16-17-27(26)37-28(22-29(35-3)34(42)36-23-32(40)41)33-30(43-7)14-11-15-31(33)44-8/h11,14-17,21-22,24,29,35,37H,9-10,12-13,18-20,23H2,1-8H3,(H,36,42)(H,40,41)/b28-22-. The third-order valence-electron chi connectivity index (χ3n) is 7.45. The summed E-state index contributed by atoms with van der Waals surface area (Å²) in [6.07, 6.45) is 6.16. The number of rotatable bonds is 20. The van der Waals surface area contributed by atoms with Gasteiger partial charge < -0.3 is 40.3 Å². The first-order chi connectivity index (χ1) is 21.0. The SMILES string of the molecule is CNC(/C=C(\Nc1ccc(CCCCN(C)CCCN(C)C)cc1C(C)C)c1c(OC)cccc1OC)C(=O)NCC(=O)O.